The smallest absolute Gasteiger partial charge is 0.448 e. The number of halogens is 1. The zero-order valence-electron chi connectivity index (χ0n) is 44.5. The predicted molar refractivity (Wildman–Crippen MR) is 277 cm³/mol. The van der Waals surface area contributed by atoms with E-state index in [0.29, 0.717) is 66.8 Å². The van der Waals surface area contributed by atoms with Gasteiger partial charge in [0.2, 0.25) is 0 Å². The Morgan fingerprint density at radius 1 is 0.638 bits per heavy atom. The van der Waals surface area contributed by atoms with Crippen LogP contribution in [0.25, 0.3) is 0 Å². The van der Waals surface area contributed by atoms with Gasteiger partial charge in [0.05, 0.1) is 27.2 Å². The van der Waals surface area contributed by atoms with Crippen LogP contribution in [0.2, 0.25) is 0 Å². The molecule has 1 fully saturated rings. The summed E-state index contributed by atoms with van der Waals surface area (Å²) in [5, 5.41) is 6.83. The zero-order valence-corrected chi connectivity index (χ0v) is 49.0. The van der Waals surface area contributed by atoms with Crippen LogP contribution in [-0.4, -0.2) is 118 Å². The van der Waals surface area contributed by atoms with Gasteiger partial charge in [-0.15, -0.1) is 11.6 Å². The van der Waals surface area contributed by atoms with Crippen molar-refractivity contribution in [2.24, 2.45) is 0 Å². The van der Waals surface area contributed by atoms with E-state index in [1.54, 1.807) is 4.90 Å². The molecular formula is C45H100B2ClLi2N2O2P4+3. The minimum Gasteiger partial charge on any atom is -0.448 e. The third kappa shape index (κ3) is 36.9. The molecule has 1 heterocycles. The summed E-state index contributed by atoms with van der Waals surface area (Å²) in [6, 6.07) is 0. The van der Waals surface area contributed by atoms with Gasteiger partial charge in [0, 0.05) is 12.4 Å². The van der Waals surface area contributed by atoms with E-state index in [0.717, 1.165) is 6.42 Å². The molecule has 13 heteroatoms. The van der Waals surface area contributed by atoms with Crippen molar-refractivity contribution in [3.63, 3.8) is 0 Å². The van der Waals surface area contributed by atoms with Crippen LogP contribution in [0.15, 0.2) is 0 Å². The largest absolute Gasteiger partial charge is 1.00 e. The normalized spacial score (nSPS) is 14.2. The molecule has 1 rings (SSSR count). The van der Waals surface area contributed by atoms with Crippen LogP contribution in [0.4, 0.5) is 4.79 Å². The SMILES string of the molecule is CC(C)(C)P(CCNCCP(C(C)(C)C)C(C)(C)C)C(C)(C)C.O=C1OCCN1CCCl.[B][PH+](C(C)(C)C)C(C)(C)C.[B][PH+](C(C)(C)C)C(C)(C)C.[CH2-]CCC.[Li+].[Li+]. The van der Waals surface area contributed by atoms with Crippen molar-refractivity contribution >= 4 is 64.3 Å². The Morgan fingerprint density at radius 3 is 1.03 bits per heavy atom. The number of hydrogen-bond donors (Lipinski definition) is 1. The summed E-state index contributed by atoms with van der Waals surface area (Å²) in [5.41, 5.74) is 0. The Bertz CT molecular complexity index is 902. The van der Waals surface area contributed by atoms with Crippen LogP contribution in [0.1, 0.15) is 186 Å². The average molecular weight is 896 g/mol. The van der Waals surface area contributed by atoms with Gasteiger partial charge in [-0.2, -0.15) is 6.42 Å². The van der Waals surface area contributed by atoms with E-state index in [1.807, 2.05) is 0 Å². The van der Waals surface area contributed by atoms with Gasteiger partial charge in [0.15, 0.2) is 0 Å². The minimum atomic E-state index is -0.721. The number of carbonyl (C=O) groups excluding carboxylic acids is 1. The molecule has 1 amide bonds. The number of nitrogens with one attached hydrogen (secondary N) is 1. The summed E-state index contributed by atoms with van der Waals surface area (Å²) >= 11 is 5.40. The first-order chi connectivity index (χ1) is 24.5. The Balaban J connectivity index is -0.000000162. The zero-order chi connectivity index (χ0) is 45.9. The van der Waals surface area contributed by atoms with Crippen LogP contribution in [0, 0.1) is 6.92 Å². The molecule has 0 aliphatic carbocycles. The van der Waals surface area contributed by atoms with Crippen molar-refractivity contribution in [2.75, 3.05) is 51.0 Å². The molecule has 334 valence electrons. The van der Waals surface area contributed by atoms with Gasteiger partial charge in [-0.1, -0.05) is 112 Å². The summed E-state index contributed by atoms with van der Waals surface area (Å²) in [6.45, 7) is 65.6. The number of carbonyl (C=O) groups is 1. The van der Waals surface area contributed by atoms with Gasteiger partial charge >= 0.3 is 58.9 Å². The van der Waals surface area contributed by atoms with Crippen molar-refractivity contribution in [3.8, 4) is 0 Å². The Kier molecular flexibility index (Phi) is 39.2. The summed E-state index contributed by atoms with van der Waals surface area (Å²) in [7, 11) is 10.9. The first kappa shape index (κ1) is 72.2. The number of ether oxygens (including phenoxy) is 1. The van der Waals surface area contributed by atoms with E-state index >= 15 is 0 Å². The fourth-order valence-electron chi connectivity index (χ4n) is 6.84. The summed E-state index contributed by atoms with van der Waals surface area (Å²) < 4.78 is 4.65. The number of hydrogen-bond acceptors (Lipinski definition) is 3. The maximum Gasteiger partial charge on any atom is 1.00 e. The molecule has 0 aromatic heterocycles. The average Bonchev–Trinajstić information content (AvgIpc) is 3.36. The molecule has 1 saturated heterocycles. The molecule has 1 N–H and O–H groups in total. The van der Waals surface area contributed by atoms with E-state index in [9.17, 15) is 4.79 Å². The van der Waals surface area contributed by atoms with Crippen LogP contribution in [0.5, 0.6) is 0 Å². The van der Waals surface area contributed by atoms with Crippen molar-refractivity contribution in [3.05, 3.63) is 6.92 Å². The van der Waals surface area contributed by atoms with E-state index in [-0.39, 0.29) is 59.7 Å². The molecular weight excluding hydrogens is 795 g/mol. The fraction of sp³-hybridized carbons (Fsp3) is 0.956. The van der Waals surface area contributed by atoms with Gasteiger partial charge in [-0.25, -0.2) is 4.79 Å². The Labute approximate surface area is 404 Å². The number of alkyl halides is 1. The molecule has 0 aromatic rings. The first-order valence-electron chi connectivity index (χ1n) is 21.3. The number of rotatable bonds is 9. The molecule has 0 bridgehead atoms. The molecule has 1 aliphatic heterocycles. The number of unbranched alkanes of at least 4 members (excludes halogenated alkanes) is 1. The Hall–Kier alpha value is 2.56. The predicted octanol–water partition coefficient (Wildman–Crippen LogP) is 8.80. The van der Waals surface area contributed by atoms with Crippen LogP contribution < -0.4 is 43.0 Å². The summed E-state index contributed by atoms with van der Waals surface area (Å²) in [4.78, 5) is 12.2. The third-order valence-electron chi connectivity index (χ3n) is 9.05. The topological polar surface area (TPSA) is 41.6 Å². The maximum atomic E-state index is 10.6. The summed E-state index contributed by atoms with van der Waals surface area (Å²) in [6.07, 6.45) is 4.71. The third-order valence-corrected chi connectivity index (χ3v) is 23.5. The minimum absolute atomic E-state index is 0. The monoisotopic (exact) mass is 896 g/mol. The first-order valence-corrected chi connectivity index (χ1v) is 28.1. The maximum absolute atomic E-state index is 10.6. The van der Waals surface area contributed by atoms with Gasteiger partial charge in [-0.05, 0) is 145 Å². The number of nitrogens with zero attached hydrogens (tertiary/aromatic N) is 1. The van der Waals surface area contributed by atoms with E-state index in [2.05, 4.69) is 190 Å². The van der Waals surface area contributed by atoms with Crippen molar-refractivity contribution in [1.82, 2.24) is 10.2 Å². The number of amides is 1. The van der Waals surface area contributed by atoms with Crippen LogP contribution in [-0.2, 0) is 4.74 Å². The van der Waals surface area contributed by atoms with Crippen LogP contribution in [0.3, 0.4) is 0 Å². The Morgan fingerprint density at radius 2 is 0.897 bits per heavy atom. The molecule has 0 atom stereocenters. The van der Waals surface area contributed by atoms with Crippen LogP contribution >= 0.6 is 43.0 Å². The molecule has 0 saturated carbocycles. The van der Waals surface area contributed by atoms with E-state index < -0.39 is 15.6 Å². The molecule has 0 unspecified atom stereocenters. The van der Waals surface area contributed by atoms with Crippen molar-refractivity contribution < 1.29 is 47.3 Å². The molecule has 0 spiro atoms. The summed E-state index contributed by atoms with van der Waals surface area (Å²) in [5.74, 6) is 0.481. The quantitative estimate of drug-likeness (QED) is 0.0828. The fourth-order valence-corrected chi connectivity index (χ4v) is 19.0. The van der Waals surface area contributed by atoms with Crippen molar-refractivity contribution in [2.45, 2.75) is 227 Å². The molecule has 1 aliphatic rings. The van der Waals surface area contributed by atoms with Gasteiger partial charge in [0.1, 0.15) is 6.61 Å². The second-order valence-electron chi connectivity index (χ2n) is 23.2. The molecule has 4 nitrogen and oxygen atoms in total. The van der Waals surface area contributed by atoms with E-state index in [4.69, 9.17) is 26.7 Å². The number of cyclic esters (lactones) is 1. The van der Waals surface area contributed by atoms with Gasteiger partial charge in [0.25, 0.3) is 0 Å². The molecule has 0 aromatic carbocycles. The second-order valence-corrected chi connectivity index (χ2v) is 39.2. The van der Waals surface area contributed by atoms with Crippen molar-refractivity contribution in [1.29, 1.82) is 0 Å². The van der Waals surface area contributed by atoms with E-state index in [1.165, 1.54) is 31.8 Å². The van der Waals surface area contributed by atoms with Gasteiger partial charge in [-0.3, -0.25) is 0 Å². The molecule has 4 radical (unpaired) electrons. The van der Waals surface area contributed by atoms with Gasteiger partial charge < -0.3 is 21.9 Å². The second kappa shape index (κ2) is 31.5. The molecule has 58 heavy (non-hydrogen) atoms. The standard InChI is InChI=1S/C20H45NP2.2C8H19BP.C5H8ClNO2.C4H9.2Li/c1-17(2,3)22(18(4,5)6)15-13-21-14-16-23(19(7,8)9)20(10,11)12;2*1-7(2,3)10(9)8(4,5)6;6-1-2-7-3-4-9-5(7)8;1-3-4-2;;/h21H,13-16H2,1-12H3;2*10H,1-6H3;1-4H2;1,3-4H2,2H3;;/q;2*+1;;-1;2*+1.